The Bertz CT molecular complexity index is 473. The standard InChI is InChI=1S/C16H23NO4/c1-19-9-4-10-20-11-12-21-16-8-3-5-13-14(16)6-2-7-15(13)17-18/h3,5,8,18H,2,4,6-7,9-12H2,1H3/b17-15+. The van der Waals surface area contributed by atoms with Crippen molar-refractivity contribution in [3.05, 3.63) is 29.3 Å². The third-order valence-corrected chi connectivity index (χ3v) is 3.53. The maximum absolute atomic E-state index is 9.06. The van der Waals surface area contributed by atoms with Crippen LogP contribution < -0.4 is 4.74 Å². The van der Waals surface area contributed by atoms with Crippen LogP contribution in [0, 0.1) is 0 Å². The highest BCUT2D eigenvalue weighted by Crippen LogP contribution is 2.29. The van der Waals surface area contributed by atoms with E-state index in [4.69, 9.17) is 19.4 Å². The molecule has 1 aliphatic rings. The fourth-order valence-electron chi connectivity index (χ4n) is 2.52. The molecular formula is C16H23NO4. The maximum atomic E-state index is 9.06. The molecule has 0 atom stereocenters. The van der Waals surface area contributed by atoms with Gasteiger partial charge in [0.05, 0.1) is 12.3 Å². The molecule has 5 heteroatoms. The van der Waals surface area contributed by atoms with E-state index in [2.05, 4.69) is 5.16 Å². The van der Waals surface area contributed by atoms with E-state index in [1.807, 2.05) is 18.2 Å². The van der Waals surface area contributed by atoms with Crippen molar-refractivity contribution in [2.45, 2.75) is 25.7 Å². The van der Waals surface area contributed by atoms with Crippen molar-refractivity contribution in [2.75, 3.05) is 33.5 Å². The molecule has 0 aliphatic heterocycles. The van der Waals surface area contributed by atoms with Crippen LogP contribution in [0.4, 0.5) is 0 Å². The van der Waals surface area contributed by atoms with Gasteiger partial charge in [-0.25, -0.2) is 0 Å². The molecule has 1 aromatic carbocycles. The topological polar surface area (TPSA) is 60.3 Å². The maximum Gasteiger partial charge on any atom is 0.123 e. The van der Waals surface area contributed by atoms with E-state index in [-0.39, 0.29) is 0 Å². The van der Waals surface area contributed by atoms with E-state index in [9.17, 15) is 0 Å². The van der Waals surface area contributed by atoms with E-state index in [0.29, 0.717) is 19.8 Å². The van der Waals surface area contributed by atoms with Crippen LogP contribution in [-0.2, 0) is 15.9 Å². The van der Waals surface area contributed by atoms with Crippen LogP contribution >= 0.6 is 0 Å². The zero-order valence-electron chi connectivity index (χ0n) is 12.5. The van der Waals surface area contributed by atoms with Gasteiger partial charge in [0.25, 0.3) is 0 Å². The first-order valence-corrected chi connectivity index (χ1v) is 7.39. The molecule has 0 spiro atoms. The third kappa shape index (κ3) is 4.44. The van der Waals surface area contributed by atoms with E-state index in [1.54, 1.807) is 7.11 Å². The molecule has 21 heavy (non-hydrogen) atoms. The van der Waals surface area contributed by atoms with E-state index in [0.717, 1.165) is 54.9 Å². The number of rotatable bonds is 8. The summed E-state index contributed by atoms with van der Waals surface area (Å²) in [7, 11) is 1.69. The Morgan fingerprint density at radius 1 is 1.14 bits per heavy atom. The Hall–Kier alpha value is -1.59. The third-order valence-electron chi connectivity index (χ3n) is 3.53. The van der Waals surface area contributed by atoms with Crippen molar-refractivity contribution < 1.29 is 19.4 Å². The van der Waals surface area contributed by atoms with Crippen LogP contribution in [0.1, 0.15) is 30.4 Å². The zero-order valence-corrected chi connectivity index (χ0v) is 12.5. The Labute approximate surface area is 125 Å². The lowest BCUT2D eigenvalue weighted by Gasteiger charge is -2.20. The molecule has 0 radical (unpaired) electrons. The van der Waals surface area contributed by atoms with Crippen molar-refractivity contribution in [1.82, 2.24) is 0 Å². The molecule has 1 aliphatic carbocycles. The highest BCUT2D eigenvalue weighted by atomic mass is 16.5. The summed E-state index contributed by atoms with van der Waals surface area (Å²) in [5.41, 5.74) is 2.88. The summed E-state index contributed by atoms with van der Waals surface area (Å²) in [6.07, 6.45) is 3.66. The molecule has 0 bridgehead atoms. The number of ether oxygens (including phenoxy) is 3. The van der Waals surface area contributed by atoms with Crippen LogP contribution in [0.25, 0.3) is 0 Å². The molecule has 5 nitrogen and oxygen atoms in total. The fourth-order valence-corrected chi connectivity index (χ4v) is 2.52. The molecule has 0 heterocycles. The van der Waals surface area contributed by atoms with Gasteiger partial charge in [0.2, 0.25) is 0 Å². The van der Waals surface area contributed by atoms with Crippen LogP contribution in [-0.4, -0.2) is 44.5 Å². The molecule has 0 unspecified atom stereocenters. The molecule has 2 rings (SSSR count). The van der Waals surface area contributed by atoms with Crippen molar-refractivity contribution in [3.63, 3.8) is 0 Å². The summed E-state index contributed by atoms with van der Waals surface area (Å²) in [6, 6.07) is 5.88. The van der Waals surface area contributed by atoms with E-state index >= 15 is 0 Å². The van der Waals surface area contributed by atoms with Gasteiger partial charge in [-0.2, -0.15) is 0 Å². The van der Waals surface area contributed by atoms with Gasteiger partial charge in [-0.05, 0) is 31.7 Å². The van der Waals surface area contributed by atoms with Gasteiger partial charge in [-0.1, -0.05) is 17.3 Å². The van der Waals surface area contributed by atoms with Gasteiger partial charge in [-0.3, -0.25) is 0 Å². The minimum absolute atomic E-state index is 0.523. The second-order valence-electron chi connectivity index (χ2n) is 4.99. The zero-order chi connectivity index (χ0) is 14.9. The summed E-state index contributed by atoms with van der Waals surface area (Å²) in [5, 5.41) is 12.5. The molecule has 116 valence electrons. The first-order chi connectivity index (χ1) is 10.4. The van der Waals surface area contributed by atoms with Crippen LogP contribution in [0.3, 0.4) is 0 Å². The van der Waals surface area contributed by atoms with Crippen molar-refractivity contribution >= 4 is 5.71 Å². The monoisotopic (exact) mass is 293 g/mol. The van der Waals surface area contributed by atoms with Gasteiger partial charge >= 0.3 is 0 Å². The average molecular weight is 293 g/mol. The summed E-state index contributed by atoms with van der Waals surface area (Å²) in [5.74, 6) is 0.869. The average Bonchev–Trinajstić information content (AvgIpc) is 2.53. The minimum atomic E-state index is 0.523. The molecule has 0 amide bonds. The lowest BCUT2D eigenvalue weighted by molar-refractivity contribution is 0.0804. The summed E-state index contributed by atoms with van der Waals surface area (Å²) < 4.78 is 16.2. The largest absolute Gasteiger partial charge is 0.491 e. The molecule has 0 saturated carbocycles. The Morgan fingerprint density at radius 2 is 2.05 bits per heavy atom. The number of oxime groups is 1. The Kier molecular flexibility index (Phi) is 6.50. The summed E-state index contributed by atoms with van der Waals surface area (Å²) >= 11 is 0. The predicted molar refractivity (Wildman–Crippen MR) is 80.5 cm³/mol. The quantitative estimate of drug-likeness (QED) is 0.455. The van der Waals surface area contributed by atoms with E-state index < -0.39 is 0 Å². The van der Waals surface area contributed by atoms with Crippen LogP contribution in [0.2, 0.25) is 0 Å². The minimum Gasteiger partial charge on any atom is -0.491 e. The van der Waals surface area contributed by atoms with Crippen molar-refractivity contribution in [2.24, 2.45) is 5.16 Å². The molecule has 0 fully saturated rings. The Balaban J connectivity index is 1.84. The predicted octanol–water partition coefficient (Wildman–Crippen LogP) is 2.63. The number of fused-ring (bicyclic) bond motifs is 1. The first-order valence-electron chi connectivity index (χ1n) is 7.39. The second kappa shape index (κ2) is 8.64. The smallest absolute Gasteiger partial charge is 0.123 e. The second-order valence-corrected chi connectivity index (χ2v) is 4.99. The number of nitrogens with zero attached hydrogens (tertiary/aromatic N) is 1. The highest BCUT2D eigenvalue weighted by molar-refractivity contribution is 6.02. The van der Waals surface area contributed by atoms with E-state index in [1.165, 1.54) is 0 Å². The summed E-state index contributed by atoms with van der Waals surface area (Å²) in [6.45, 7) is 2.49. The van der Waals surface area contributed by atoms with Gasteiger partial charge in [0.15, 0.2) is 0 Å². The van der Waals surface area contributed by atoms with Gasteiger partial charge < -0.3 is 19.4 Å². The molecule has 0 aromatic heterocycles. The van der Waals surface area contributed by atoms with Crippen molar-refractivity contribution in [1.29, 1.82) is 0 Å². The SMILES string of the molecule is COCCCOCCOc1cccc2c1CCC/C2=N\O. The first kappa shape index (κ1) is 15.8. The fraction of sp³-hybridized carbons (Fsp3) is 0.562. The van der Waals surface area contributed by atoms with Crippen molar-refractivity contribution in [3.8, 4) is 5.75 Å². The number of benzene rings is 1. The normalized spacial score (nSPS) is 16.0. The van der Waals surface area contributed by atoms with Crippen LogP contribution in [0.15, 0.2) is 23.4 Å². The molecular weight excluding hydrogens is 270 g/mol. The highest BCUT2D eigenvalue weighted by Gasteiger charge is 2.19. The molecule has 1 aromatic rings. The number of hydrogen-bond donors (Lipinski definition) is 1. The van der Waals surface area contributed by atoms with Gasteiger partial charge in [-0.15, -0.1) is 0 Å². The van der Waals surface area contributed by atoms with Gasteiger partial charge in [0, 0.05) is 31.5 Å². The molecule has 0 saturated heterocycles. The van der Waals surface area contributed by atoms with Gasteiger partial charge in [0.1, 0.15) is 12.4 Å². The Morgan fingerprint density at radius 3 is 2.86 bits per heavy atom. The number of methoxy groups -OCH3 is 1. The van der Waals surface area contributed by atoms with Crippen LogP contribution in [0.5, 0.6) is 5.75 Å². The summed E-state index contributed by atoms with van der Waals surface area (Å²) in [4.78, 5) is 0. The number of hydrogen-bond acceptors (Lipinski definition) is 5. The lowest BCUT2D eigenvalue weighted by Crippen LogP contribution is -2.15. The lowest BCUT2D eigenvalue weighted by atomic mass is 9.89. The molecule has 1 N–H and O–H groups in total.